The lowest BCUT2D eigenvalue weighted by Gasteiger charge is -2.01. The summed E-state index contributed by atoms with van der Waals surface area (Å²) in [6.07, 6.45) is 6.77. The molecule has 0 N–H and O–H groups in total. The van der Waals surface area contributed by atoms with Gasteiger partial charge in [-0.2, -0.15) is 0 Å². The van der Waals surface area contributed by atoms with E-state index >= 15 is 0 Å². The largest absolute Gasteiger partial charge is 0.0874 e. The van der Waals surface area contributed by atoms with E-state index in [0.717, 1.165) is 0 Å². The maximum atomic E-state index is 2.21. The van der Waals surface area contributed by atoms with Crippen molar-refractivity contribution in [3.63, 3.8) is 0 Å². The maximum absolute atomic E-state index is 2.21. The van der Waals surface area contributed by atoms with Gasteiger partial charge in [0.1, 0.15) is 0 Å². The minimum Gasteiger partial charge on any atom is -0.0874 e. The first kappa shape index (κ1) is 9.48. The summed E-state index contributed by atoms with van der Waals surface area (Å²) in [6.45, 7) is 8.63. The van der Waals surface area contributed by atoms with Crippen LogP contribution in [0.2, 0.25) is 0 Å². The molecular formula is C10H18. The van der Waals surface area contributed by atoms with E-state index in [1.54, 1.807) is 0 Å². The van der Waals surface area contributed by atoms with Crippen molar-refractivity contribution in [3.05, 3.63) is 23.3 Å². The van der Waals surface area contributed by atoms with E-state index in [0.29, 0.717) is 0 Å². The molecule has 0 fully saturated rings. The Morgan fingerprint density at radius 3 is 2.20 bits per heavy atom. The molecule has 58 valence electrons. The van der Waals surface area contributed by atoms with Gasteiger partial charge in [-0.15, -0.1) is 0 Å². The molecule has 0 heteroatoms. The number of allylic oxidation sites excluding steroid dienone is 4. The monoisotopic (exact) mass is 138 g/mol. The van der Waals surface area contributed by atoms with Crippen LogP contribution in [0.15, 0.2) is 23.3 Å². The summed E-state index contributed by atoms with van der Waals surface area (Å²) in [5.41, 5.74) is 2.94. The average molecular weight is 138 g/mol. The van der Waals surface area contributed by atoms with Crippen molar-refractivity contribution < 1.29 is 0 Å². The quantitative estimate of drug-likeness (QED) is 0.522. The summed E-state index contributed by atoms with van der Waals surface area (Å²) in [5, 5.41) is 0. The molecule has 0 heterocycles. The van der Waals surface area contributed by atoms with E-state index in [9.17, 15) is 0 Å². The molecular weight excluding hydrogens is 120 g/mol. The molecule has 0 aliphatic heterocycles. The van der Waals surface area contributed by atoms with Gasteiger partial charge in [-0.1, -0.05) is 31.1 Å². The number of hydrogen-bond donors (Lipinski definition) is 0. The standard InChI is InChI=1S/C10H18/c1-5-7-10(8-6-2)9(3)4/h5,7H,6,8H2,1-4H3. The molecule has 0 saturated heterocycles. The predicted octanol–water partition coefficient (Wildman–Crippen LogP) is 3.70. The normalized spacial score (nSPS) is 10.4. The van der Waals surface area contributed by atoms with Gasteiger partial charge in [0.25, 0.3) is 0 Å². The van der Waals surface area contributed by atoms with Gasteiger partial charge in [0, 0.05) is 0 Å². The van der Waals surface area contributed by atoms with Crippen LogP contribution in [0.1, 0.15) is 40.5 Å². The van der Waals surface area contributed by atoms with E-state index in [1.165, 1.54) is 24.0 Å². The summed E-state index contributed by atoms with van der Waals surface area (Å²) < 4.78 is 0. The van der Waals surface area contributed by atoms with Crippen LogP contribution in [0.25, 0.3) is 0 Å². The highest BCUT2D eigenvalue weighted by Gasteiger charge is 1.91. The van der Waals surface area contributed by atoms with Crippen LogP contribution < -0.4 is 0 Å². The summed E-state index contributed by atoms with van der Waals surface area (Å²) in [4.78, 5) is 0. The molecule has 0 spiro atoms. The Hall–Kier alpha value is -0.520. The van der Waals surface area contributed by atoms with Crippen LogP contribution in [0.3, 0.4) is 0 Å². The molecule has 0 aromatic carbocycles. The second kappa shape index (κ2) is 5.28. The first-order valence-corrected chi connectivity index (χ1v) is 4.01. The highest BCUT2D eigenvalue weighted by atomic mass is 14.0. The number of rotatable bonds is 3. The van der Waals surface area contributed by atoms with Crippen molar-refractivity contribution in [1.29, 1.82) is 0 Å². The molecule has 0 saturated carbocycles. The second-order valence-corrected chi connectivity index (χ2v) is 2.78. The molecule has 0 amide bonds. The predicted molar refractivity (Wildman–Crippen MR) is 48.1 cm³/mol. The van der Waals surface area contributed by atoms with Gasteiger partial charge in [0.2, 0.25) is 0 Å². The summed E-state index contributed by atoms with van der Waals surface area (Å²) in [6, 6.07) is 0. The van der Waals surface area contributed by atoms with Crippen LogP contribution in [-0.4, -0.2) is 0 Å². The van der Waals surface area contributed by atoms with Gasteiger partial charge in [-0.05, 0) is 32.8 Å². The van der Waals surface area contributed by atoms with Gasteiger partial charge in [-0.3, -0.25) is 0 Å². The van der Waals surface area contributed by atoms with Crippen LogP contribution in [0.5, 0.6) is 0 Å². The molecule has 0 aromatic rings. The molecule has 0 atom stereocenters. The van der Waals surface area contributed by atoms with E-state index < -0.39 is 0 Å². The van der Waals surface area contributed by atoms with Gasteiger partial charge < -0.3 is 0 Å². The molecule has 0 rings (SSSR count). The lowest BCUT2D eigenvalue weighted by Crippen LogP contribution is -1.80. The minimum absolute atomic E-state index is 1.21. The van der Waals surface area contributed by atoms with Crippen molar-refractivity contribution in [2.24, 2.45) is 0 Å². The Morgan fingerprint density at radius 2 is 1.90 bits per heavy atom. The molecule has 0 nitrogen and oxygen atoms in total. The van der Waals surface area contributed by atoms with Crippen LogP contribution in [-0.2, 0) is 0 Å². The first-order valence-electron chi connectivity index (χ1n) is 4.01. The average Bonchev–Trinajstić information content (AvgIpc) is 1.87. The zero-order valence-electron chi connectivity index (χ0n) is 7.57. The molecule has 0 aromatic heterocycles. The second-order valence-electron chi connectivity index (χ2n) is 2.78. The lowest BCUT2D eigenvalue weighted by molar-refractivity contribution is 0.912. The molecule has 10 heavy (non-hydrogen) atoms. The molecule has 0 aliphatic carbocycles. The summed E-state index contributed by atoms with van der Waals surface area (Å²) >= 11 is 0. The Kier molecular flexibility index (Phi) is 5.00. The zero-order valence-corrected chi connectivity index (χ0v) is 7.57. The number of hydrogen-bond acceptors (Lipinski definition) is 0. The Bertz CT molecular complexity index is 134. The zero-order chi connectivity index (χ0) is 7.98. The van der Waals surface area contributed by atoms with E-state index in [2.05, 4.69) is 39.8 Å². The Balaban J connectivity index is 4.13. The molecule has 0 radical (unpaired) electrons. The van der Waals surface area contributed by atoms with E-state index in [1.807, 2.05) is 0 Å². The molecule has 0 bridgehead atoms. The molecule has 0 unspecified atom stereocenters. The van der Waals surface area contributed by atoms with Gasteiger partial charge in [0.05, 0.1) is 0 Å². The third kappa shape index (κ3) is 3.49. The van der Waals surface area contributed by atoms with Crippen molar-refractivity contribution in [2.75, 3.05) is 0 Å². The highest BCUT2D eigenvalue weighted by Crippen LogP contribution is 2.11. The van der Waals surface area contributed by atoms with E-state index in [-0.39, 0.29) is 0 Å². The van der Waals surface area contributed by atoms with Crippen molar-refractivity contribution in [3.8, 4) is 0 Å². The fraction of sp³-hybridized carbons (Fsp3) is 0.600. The van der Waals surface area contributed by atoms with Crippen molar-refractivity contribution in [2.45, 2.75) is 40.5 Å². The summed E-state index contributed by atoms with van der Waals surface area (Å²) in [7, 11) is 0. The van der Waals surface area contributed by atoms with Gasteiger partial charge in [-0.25, -0.2) is 0 Å². The first-order chi connectivity index (χ1) is 4.72. The Morgan fingerprint density at radius 1 is 1.30 bits per heavy atom. The van der Waals surface area contributed by atoms with Crippen LogP contribution in [0.4, 0.5) is 0 Å². The van der Waals surface area contributed by atoms with Crippen LogP contribution >= 0.6 is 0 Å². The smallest absolute Gasteiger partial charge is 0.0282 e. The van der Waals surface area contributed by atoms with Crippen LogP contribution in [0, 0.1) is 0 Å². The summed E-state index contributed by atoms with van der Waals surface area (Å²) in [5.74, 6) is 0. The lowest BCUT2D eigenvalue weighted by atomic mass is 10.1. The minimum atomic E-state index is 1.21. The Labute approximate surface area is 64.6 Å². The van der Waals surface area contributed by atoms with E-state index in [4.69, 9.17) is 0 Å². The molecule has 0 aliphatic rings. The van der Waals surface area contributed by atoms with Gasteiger partial charge in [0.15, 0.2) is 0 Å². The van der Waals surface area contributed by atoms with Gasteiger partial charge >= 0.3 is 0 Å². The fourth-order valence-corrected chi connectivity index (χ4v) is 0.971. The third-order valence-corrected chi connectivity index (χ3v) is 1.53. The fourth-order valence-electron chi connectivity index (χ4n) is 0.971. The van der Waals surface area contributed by atoms with Crippen molar-refractivity contribution >= 4 is 0 Å². The topological polar surface area (TPSA) is 0 Å². The third-order valence-electron chi connectivity index (χ3n) is 1.53. The van der Waals surface area contributed by atoms with Crippen molar-refractivity contribution in [1.82, 2.24) is 0 Å². The maximum Gasteiger partial charge on any atom is -0.0282 e. The SMILES string of the molecule is CC=CC(CCC)=C(C)C. The highest BCUT2D eigenvalue weighted by molar-refractivity contribution is 5.22.